The third kappa shape index (κ3) is 4.10. The molecule has 0 spiro atoms. The molecule has 1 heterocycles. The van der Waals surface area contributed by atoms with Gasteiger partial charge in [0.1, 0.15) is 5.75 Å². The van der Waals surface area contributed by atoms with Crippen molar-refractivity contribution in [3.8, 4) is 5.75 Å². The quantitative estimate of drug-likeness (QED) is 0.824. The van der Waals surface area contributed by atoms with Crippen LogP contribution in [0.3, 0.4) is 0 Å². The van der Waals surface area contributed by atoms with Gasteiger partial charge in [-0.3, -0.25) is 4.68 Å². The average molecular weight is 274 g/mol. The predicted octanol–water partition coefficient (Wildman–Crippen LogP) is 3.02. The van der Waals surface area contributed by atoms with E-state index in [2.05, 4.69) is 25.0 Å². The third-order valence-electron chi connectivity index (χ3n) is 3.08. The Morgan fingerprint density at radius 3 is 2.55 bits per heavy atom. The molecule has 1 N–H and O–H groups in total. The highest BCUT2D eigenvalue weighted by atomic mass is 16.5. The van der Waals surface area contributed by atoms with Gasteiger partial charge in [-0.15, -0.1) is 0 Å². The lowest BCUT2D eigenvalue weighted by atomic mass is 10.1. The van der Waals surface area contributed by atoms with Crippen LogP contribution < -0.4 is 4.74 Å². The van der Waals surface area contributed by atoms with E-state index in [-0.39, 0.29) is 0 Å². The van der Waals surface area contributed by atoms with Gasteiger partial charge in [0.2, 0.25) is 0 Å². The SMILES string of the molecule is Cc1cc(C)cc(OCCCn2ccc([C@@H](C)O)n2)c1. The van der Waals surface area contributed by atoms with E-state index < -0.39 is 6.10 Å². The Bertz CT molecular complexity index is 541. The Labute approximate surface area is 120 Å². The van der Waals surface area contributed by atoms with Gasteiger partial charge >= 0.3 is 0 Å². The number of rotatable bonds is 6. The molecule has 2 rings (SSSR count). The second-order valence-electron chi connectivity index (χ2n) is 5.21. The monoisotopic (exact) mass is 274 g/mol. The molecule has 0 radical (unpaired) electrons. The van der Waals surface area contributed by atoms with E-state index in [0.29, 0.717) is 12.3 Å². The molecule has 0 bridgehead atoms. The molecular formula is C16H22N2O2. The maximum Gasteiger partial charge on any atom is 0.119 e. The predicted molar refractivity (Wildman–Crippen MR) is 78.9 cm³/mol. The normalized spacial score (nSPS) is 12.4. The fraction of sp³-hybridized carbons (Fsp3) is 0.438. The minimum absolute atomic E-state index is 0.511. The maximum atomic E-state index is 9.41. The van der Waals surface area contributed by atoms with E-state index in [1.807, 2.05) is 29.1 Å². The van der Waals surface area contributed by atoms with E-state index in [0.717, 1.165) is 18.7 Å². The summed E-state index contributed by atoms with van der Waals surface area (Å²) in [6, 6.07) is 8.07. The summed E-state index contributed by atoms with van der Waals surface area (Å²) >= 11 is 0. The van der Waals surface area contributed by atoms with Gasteiger partial charge in [0.15, 0.2) is 0 Å². The first-order valence-corrected chi connectivity index (χ1v) is 6.97. The van der Waals surface area contributed by atoms with Crippen molar-refractivity contribution in [3.05, 3.63) is 47.3 Å². The summed E-state index contributed by atoms with van der Waals surface area (Å²) in [6.07, 6.45) is 2.26. The van der Waals surface area contributed by atoms with Crippen molar-refractivity contribution in [2.24, 2.45) is 0 Å². The summed E-state index contributed by atoms with van der Waals surface area (Å²) in [5.74, 6) is 0.924. The van der Waals surface area contributed by atoms with Crippen LogP contribution in [0, 0.1) is 13.8 Å². The first-order chi connectivity index (χ1) is 9.54. The average Bonchev–Trinajstić information content (AvgIpc) is 2.82. The Balaban J connectivity index is 1.78. The number of aromatic nitrogens is 2. The van der Waals surface area contributed by atoms with Crippen LogP contribution in [0.4, 0.5) is 0 Å². The van der Waals surface area contributed by atoms with Crippen molar-refractivity contribution in [2.75, 3.05) is 6.61 Å². The van der Waals surface area contributed by atoms with Crippen molar-refractivity contribution in [2.45, 2.75) is 39.8 Å². The van der Waals surface area contributed by atoms with Crippen LogP contribution in [-0.2, 0) is 6.54 Å². The maximum absolute atomic E-state index is 9.41. The van der Waals surface area contributed by atoms with Crippen LogP contribution in [0.1, 0.15) is 36.3 Å². The third-order valence-corrected chi connectivity index (χ3v) is 3.08. The first-order valence-electron chi connectivity index (χ1n) is 6.97. The zero-order valence-corrected chi connectivity index (χ0v) is 12.3. The van der Waals surface area contributed by atoms with Crippen molar-refractivity contribution in [1.82, 2.24) is 9.78 Å². The molecule has 4 nitrogen and oxygen atoms in total. The number of benzene rings is 1. The van der Waals surface area contributed by atoms with Crippen LogP contribution in [0.15, 0.2) is 30.5 Å². The van der Waals surface area contributed by atoms with Gasteiger partial charge in [0.05, 0.1) is 18.4 Å². The van der Waals surface area contributed by atoms with Gasteiger partial charge in [-0.05, 0) is 50.1 Å². The van der Waals surface area contributed by atoms with E-state index in [4.69, 9.17) is 4.74 Å². The minimum atomic E-state index is -0.511. The van der Waals surface area contributed by atoms with E-state index >= 15 is 0 Å². The summed E-state index contributed by atoms with van der Waals surface area (Å²) in [6.45, 7) is 7.31. The highest BCUT2D eigenvalue weighted by Crippen LogP contribution is 2.16. The van der Waals surface area contributed by atoms with Gasteiger partial charge in [0, 0.05) is 19.2 Å². The van der Waals surface area contributed by atoms with Gasteiger partial charge in [-0.25, -0.2) is 0 Å². The van der Waals surface area contributed by atoms with Crippen LogP contribution in [0.25, 0.3) is 0 Å². The zero-order valence-electron chi connectivity index (χ0n) is 12.3. The minimum Gasteiger partial charge on any atom is -0.494 e. The molecule has 0 amide bonds. The molecule has 2 aromatic rings. The number of nitrogens with zero attached hydrogens (tertiary/aromatic N) is 2. The van der Waals surface area contributed by atoms with Crippen LogP contribution in [-0.4, -0.2) is 21.5 Å². The van der Waals surface area contributed by atoms with Gasteiger partial charge < -0.3 is 9.84 Å². The molecule has 0 aliphatic heterocycles. The van der Waals surface area contributed by atoms with Crippen molar-refractivity contribution in [3.63, 3.8) is 0 Å². The summed E-state index contributed by atoms with van der Waals surface area (Å²) in [5.41, 5.74) is 3.14. The molecule has 108 valence electrons. The van der Waals surface area contributed by atoms with Gasteiger partial charge in [-0.1, -0.05) is 6.07 Å². The van der Waals surface area contributed by atoms with Crippen LogP contribution in [0.2, 0.25) is 0 Å². The summed E-state index contributed by atoms with van der Waals surface area (Å²) in [4.78, 5) is 0. The van der Waals surface area contributed by atoms with E-state index in [1.165, 1.54) is 11.1 Å². The molecule has 0 saturated heterocycles. The Morgan fingerprint density at radius 2 is 1.95 bits per heavy atom. The van der Waals surface area contributed by atoms with Crippen molar-refractivity contribution < 1.29 is 9.84 Å². The van der Waals surface area contributed by atoms with Crippen LogP contribution >= 0.6 is 0 Å². The Morgan fingerprint density at radius 1 is 1.25 bits per heavy atom. The molecule has 0 aliphatic rings. The fourth-order valence-electron chi connectivity index (χ4n) is 2.16. The second kappa shape index (κ2) is 6.57. The van der Waals surface area contributed by atoms with Gasteiger partial charge in [-0.2, -0.15) is 5.10 Å². The molecule has 1 aromatic carbocycles. The smallest absolute Gasteiger partial charge is 0.119 e. The highest BCUT2D eigenvalue weighted by Gasteiger charge is 2.04. The molecule has 0 fully saturated rings. The largest absolute Gasteiger partial charge is 0.494 e. The number of hydrogen-bond acceptors (Lipinski definition) is 3. The number of hydrogen-bond donors (Lipinski definition) is 1. The number of aliphatic hydroxyl groups excluding tert-OH is 1. The van der Waals surface area contributed by atoms with E-state index in [1.54, 1.807) is 6.92 Å². The standard InChI is InChI=1S/C16H22N2O2/c1-12-9-13(2)11-15(10-12)20-8-4-6-18-7-5-16(17-18)14(3)19/h5,7,9-11,14,19H,4,6,8H2,1-3H3/t14-/m1/s1. The fourth-order valence-corrected chi connectivity index (χ4v) is 2.16. The number of aryl methyl sites for hydroxylation is 3. The summed E-state index contributed by atoms with van der Waals surface area (Å²) < 4.78 is 7.59. The Hall–Kier alpha value is -1.81. The second-order valence-corrected chi connectivity index (χ2v) is 5.21. The molecule has 0 unspecified atom stereocenters. The van der Waals surface area contributed by atoms with Crippen molar-refractivity contribution >= 4 is 0 Å². The van der Waals surface area contributed by atoms with Crippen molar-refractivity contribution in [1.29, 1.82) is 0 Å². The van der Waals surface area contributed by atoms with Crippen LogP contribution in [0.5, 0.6) is 5.75 Å². The molecule has 1 aromatic heterocycles. The molecule has 4 heteroatoms. The number of aliphatic hydroxyl groups is 1. The topological polar surface area (TPSA) is 47.3 Å². The molecule has 1 atom stereocenters. The van der Waals surface area contributed by atoms with E-state index in [9.17, 15) is 5.11 Å². The molecule has 0 aliphatic carbocycles. The number of ether oxygens (including phenoxy) is 1. The Kier molecular flexibility index (Phi) is 4.79. The molecular weight excluding hydrogens is 252 g/mol. The highest BCUT2D eigenvalue weighted by molar-refractivity contribution is 5.32. The summed E-state index contributed by atoms with van der Waals surface area (Å²) in [5, 5.41) is 13.7. The van der Waals surface area contributed by atoms with Gasteiger partial charge in [0.25, 0.3) is 0 Å². The molecule has 0 saturated carbocycles. The summed E-state index contributed by atoms with van der Waals surface area (Å²) in [7, 11) is 0. The zero-order chi connectivity index (χ0) is 14.5. The lowest BCUT2D eigenvalue weighted by molar-refractivity contribution is 0.193. The molecule has 20 heavy (non-hydrogen) atoms. The lowest BCUT2D eigenvalue weighted by Gasteiger charge is -2.08. The lowest BCUT2D eigenvalue weighted by Crippen LogP contribution is -2.06. The first kappa shape index (κ1) is 14.6.